The molecule has 9 aromatic heterocycles. The second-order valence-electron chi connectivity index (χ2n) is 26.3. The molecule has 0 radical (unpaired) electrons. The van der Waals surface area contributed by atoms with Gasteiger partial charge in [-0.25, -0.2) is 33.3 Å². The van der Waals surface area contributed by atoms with Crippen LogP contribution < -0.4 is 30.2 Å². The van der Waals surface area contributed by atoms with Crippen LogP contribution in [-0.2, 0) is 9.05 Å². The molecule has 0 bridgehead atoms. The first-order valence-electron chi connectivity index (χ1n) is 34.3. The average Bonchev–Trinajstić information content (AvgIpc) is 1.69. The molecule has 14 rings (SSSR count). The molecule has 0 aliphatic heterocycles. The number of anilines is 6. The maximum absolute atomic E-state index is 11.2. The molecule has 5 aromatic carbocycles. The van der Waals surface area contributed by atoms with Gasteiger partial charge in [-0.1, -0.05) is 122 Å². The number of pyridine rings is 5. The van der Waals surface area contributed by atoms with Crippen LogP contribution in [-0.4, -0.2) is 139 Å². The van der Waals surface area contributed by atoms with Crippen molar-refractivity contribution < 1.29 is 13.2 Å². The van der Waals surface area contributed by atoms with Crippen molar-refractivity contribution in [3.8, 4) is 45.0 Å². The molecular weight excluding hydrogens is 1460 g/mol. The molecule has 0 fully saturated rings. The van der Waals surface area contributed by atoms with Gasteiger partial charge < -0.3 is 47.8 Å². The van der Waals surface area contributed by atoms with Crippen molar-refractivity contribution in [1.82, 2.24) is 42.5 Å². The summed E-state index contributed by atoms with van der Waals surface area (Å²) >= 11 is 3.14. The number of fused-ring (bicyclic) bond motifs is 4. The standard InChI is InChI=1S/4C16H17N3.C10H12BrNO.C6H8N2.C3H8.CH3ClO2S.CH4.ClH/c4*1-12-4-9-16-17-15(11-19(16)10-12)13-5-7-14(8-6-13)18(2)3;1-12(2)9-5-3-8(4-6-9)10(13)7-11;1-5-2-3-6(7)8-4-5;1-3-2;1-5(2,3)4;;/h4*4-11H,1-3H3;3-6H,7H2,1-2H3;2-4H,1H3,(H2,7,8);3H2,1-2H3;1H3;1H4;1H. The van der Waals surface area contributed by atoms with Crippen molar-refractivity contribution in [3.63, 3.8) is 0 Å². The summed E-state index contributed by atoms with van der Waals surface area (Å²) in [6, 6.07) is 61.7. The number of hydrogen-bond acceptors (Lipinski definition) is 14. The van der Waals surface area contributed by atoms with Crippen molar-refractivity contribution in [3.05, 3.63) is 271 Å². The number of nitrogens with two attached hydrogens (primary N) is 1. The Morgan fingerprint density at radius 3 is 0.794 bits per heavy atom. The van der Waals surface area contributed by atoms with Gasteiger partial charge >= 0.3 is 0 Å². The highest BCUT2D eigenvalue weighted by molar-refractivity contribution is 9.09. The number of rotatable bonds is 11. The van der Waals surface area contributed by atoms with Crippen LogP contribution in [0.4, 0.5) is 34.3 Å². The molecule has 0 spiro atoms. The quantitative estimate of drug-likeness (QED) is 0.0735. The van der Waals surface area contributed by atoms with Gasteiger partial charge in [0.05, 0.1) is 34.4 Å². The second-order valence-corrected chi connectivity index (χ2v) is 29.9. The number of nitrogen functional groups attached to an aromatic ring is 1. The first-order chi connectivity index (χ1) is 49.9. The minimum absolute atomic E-state index is 0. The molecular formula is C85H104BrCl2N15O3S. The predicted molar refractivity (Wildman–Crippen MR) is 462 cm³/mol. The van der Waals surface area contributed by atoms with E-state index >= 15 is 0 Å². The highest BCUT2D eigenvalue weighted by atomic mass is 79.9. The first-order valence-corrected chi connectivity index (χ1v) is 38.1. The number of aromatic nitrogens is 9. The molecule has 9 heterocycles. The van der Waals surface area contributed by atoms with Crippen LogP contribution in [0.3, 0.4) is 0 Å². The Balaban J connectivity index is 0.000000228. The molecule has 2 N–H and O–H groups in total. The Bertz CT molecular complexity index is 4620. The SMILES string of the molecule is C.CCC.CN(C)c1ccc(C(=O)CBr)cc1.CS(=O)(=O)Cl.Cc1ccc(N)nc1.Cc1ccc2nc(-c3ccc(N(C)C)cc3)cn2c1.Cc1ccc2nc(-c3ccc(N(C)C)cc3)cn2c1.Cc1ccc2nc(-c3ccc(N(C)C)cc3)cn2c1.Cc1ccc2nc(-c3ccc(N(C)C)cc3)cn2c1.Cl. The number of carbonyl (C=O) groups excluding carboxylic acids is 1. The van der Waals surface area contributed by atoms with Crippen LogP contribution >= 0.6 is 39.0 Å². The zero-order valence-electron chi connectivity index (χ0n) is 64.1. The number of benzene rings is 5. The van der Waals surface area contributed by atoms with Crippen molar-refractivity contribution in [2.45, 2.75) is 62.3 Å². The van der Waals surface area contributed by atoms with E-state index < -0.39 is 9.05 Å². The number of nitrogens with zero attached hydrogens (tertiary/aromatic N) is 14. The smallest absolute Gasteiger partial charge is 0.229 e. The van der Waals surface area contributed by atoms with E-state index in [0.29, 0.717) is 11.1 Å². The highest BCUT2D eigenvalue weighted by Gasteiger charge is 2.11. The van der Waals surface area contributed by atoms with Gasteiger partial charge in [0.1, 0.15) is 28.4 Å². The summed E-state index contributed by atoms with van der Waals surface area (Å²) in [7, 11) is 21.6. The van der Waals surface area contributed by atoms with Gasteiger partial charge in [-0.15, -0.1) is 12.4 Å². The fourth-order valence-electron chi connectivity index (χ4n) is 10.2. The van der Waals surface area contributed by atoms with Gasteiger partial charge in [0.15, 0.2) is 5.78 Å². The number of carbonyl (C=O) groups is 1. The predicted octanol–water partition coefficient (Wildman–Crippen LogP) is 19.5. The van der Waals surface area contributed by atoms with E-state index in [-0.39, 0.29) is 25.6 Å². The number of aryl methyl sites for hydroxylation is 5. The topological polar surface area (TPSA) is 176 Å². The Labute approximate surface area is 652 Å². The molecule has 18 nitrogen and oxygen atoms in total. The molecule has 0 aliphatic carbocycles. The zero-order valence-corrected chi connectivity index (χ0v) is 68.0. The fourth-order valence-corrected chi connectivity index (χ4v) is 10.5. The van der Waals surface area contributed by atoms with Crippen LogP contribution in [0.1, 0.15) is 65.9 Å². The summed E-state index contributed by atoms with van der Waals surface area (Å²) < 4.78 is 27.1. The summed E-state index contributed by atoms with van der Waals surface area (Å²) in [6.45, 7) is 14.6. The number of Topliss-reactive ketones (excluding diaryl/α,β-unsaturated/α-hetero) is 1. The van der Waals surface area contributed by atoms with Crippen LogP contribution in [0, 0.1) is 34.6 Å². The lowest BCUT2D eigenvalue weighted by molar-refractivity contribution is 0.102. The lowest BCUT2D eigenvalue weighted by Gasteiger charge is -2.12. The number of ketones is 1. The van der Waals surface area contributed by atoms with Crippen LogP contribution in [0.15, 0.2) is 238 Å². The maximum atomic E-state index is 11.2. The van der Waals surface area contributed by atoms with Crippen LogP contribution in [0.5, 0.6) is 0 Å². The van der Waals surface area contributed by atoms with E-state index in [2.05, 4.69) is 301 Å². The van der Waals surface area contributed by atoms with E-state index in [0.717, 1.165) is 90.7 Å². The second kappa shape index (κ2) is 41.4. The lowest BCUT2D eigenvalue weighted by atomic mass is 10.1. The average molecular weight is 1570 g/mol. The third-order valence-electron chi connectivity index (χ3n) is 15.9. The van der Waals surface area contributed by atoms with Gasteiger partial charge in [-0.05, 0) is 166 Å². The fraction of sp³-hybridized carbons (Fsp3) is 0.247. The molecule has 0 saturated carbocycles. The van der Waals surface area contributed by atoms with Crippen molar-refractivity contribution in [2.24, 2.45) is 0 Å². The van der Waals surface area contributed by atoms with Crippen molar-refractivity contribution >= 4 is 111 Å². The van der Waals surface area contributed by atoms with Crippen LogP contribution in [0.2, 0.25) is 0 Å². The number of hydrogen-bond donors (Lipinski definition) is 1. The molecule has 0 saturated heterocycles. The molecule has 107 heavy (non-hydrogen) atoms. The van der Waals surface area contributed by atoms with E-state index in [1.165, 1.54) is 51.4 Å². The Kier molecular flexibility index (Phi) is 33.7. The monoisotopic (exact) mass is 1560 g/mol. The molecule has 564 valence electrons. The number of imidazole rings is 4. The minimum Gasteiger partial charge on any atom is -0.384 e. The summed E-state index contributed by atoms with van der Waals surface area (Å²) in [5, 5.41) is 0.383. The summed E-state index contributed by atoms with van der Waals surface area (Å²) in [5.41, 5.74) is 30.6. The molecule has 0 amide bonds. The lowest BCUT2D eigenvalue weighted by Crippen LogP contribution is -2.09. The van der Waals surface area contributed by atoms with Gasteiger partial charge in [0.25, 0.3) is 0 Å². The minimum atomic E-state index is -3.19. The number of alkyl halides is 1. The Morgan fingerprint density at radius 1 is 0.393 bits per heavy atom. The molecule has 0 unspecified atom stereocenters. The maximum Gasteiger partial charge on any atom is 0.229 e. The van der Waals surface area contributed by atoms with Gasteiger partial charge in [-0.2, -0.15) is 0 Å². The van der Waals surface area contributed by atoms with Crippen molar-refractivity contribution in [2.75, 3.05) is 112 Å². The Morgan fingerprint density at radius 2 is 0.607 bits per heavy atom. The number of halogens is 3. The van der Waals surface area contributed by atoms with E-state index in [1.54, 1.807) is 12.3 Å². The molecule has 22 heteroatoms. The van der Waals surface area contributed by atoms with Crippen molar-refractivity contribution in [1.29, 1.82) is 0 Å². The summed E-state index contributed by atoms with van der Waals surface area (Å²) in [6.07, 6.45) is 20.6. The van der Waals surface area contributed by atoms with Crippen LogP contribution in [0.25, 0.3) is 67.6 Å². The summed E-state index contributed by atoms with van der Waals surface area (Å²) in [5.74, 6) is 0.695. The Hall–Kier alpha value is -10.5. The first kappa shape index (κ1) is 87.1. The van der Waals surface area contributed by atoms with Gasteiger partial charge in [-0.3, -0.25) is 4.79 Å². The largest absolute Gasteiger partial charge is 0.384 e. The van der Waals surface area contributed by atoms with E-state index in [4.69, 9.17) is 5.73 Å². The molecule has 0 atom stereocenters. The van der Waals surface area contributed by atoms with Gasteiger partial charge in [0.2, 0.25) is 9.05 Å². The normalized spacial score (nSPS) is 10.3. The molecule has 0 aliphatic rings. The molecule has 14 aromatic rings. The van der Waals surface area contributed by atoms with Gasteiger partial charge in [0, 0.05) is 193 Å². The van der Waals surface area contributed by atoms with E-state index in [1.807, 2.05) is 137 Å². The highest BCUT2D eigenvalue weighted by Crippen LogP contribution is 2.27. The third kappa shape index (κ3) is 27.1. The van der Waals surface area contributed by atoms with E-state index in [9.17, 15) is 13.2 Å². The third-order valence-corrected chi connectivity index (χ3v) is 16.4. The summed E-state index contributed by atoms with van der Waals surface area (Å²) in [4.78, 5) is 44.1. The zero-order chi connectivity index (χ0) is 76.7.